The molecule has 2 aliphatic rings. The number of rotatable bonds is 1. The largest absolute Gasteiger partial charge is 0.355 e. The molecule has 0 radical (unpaired) electrons. The molecule has 1 atom stereocenters. The van der Waals surface area contributed by atoms with Crippen LogP contribution in [0.2, 0.25) is 0 Å². The Labute approximate surface area is 88.8 Å². The van der Waals surface area contributed by atoms with E-state index in [0.29, 0.717) is 6.54 Å². The molecule has 0 bridgehead atoms. The zero-order chi connectivity index (χ0) is 10.2. The molecule has 0 aromatic heterocycles. The third-order valence-corrected chi connectivity index (χ3v) is 3.15. The Kier molecular flexibility index (Phi) is 2.13. The van der Waals surface area contributed by atoms with Gasteiger partial charge in [-0.2, -0.15) is 5.26 Å². The molecule has 3 heteroatoms. The molecule has 2 nitrogen and oxygen atoms in total. The minimum atomic E-state index is -0.110. The van der Waals surface area contributed by atoms with Gasteiger partial charge >= 0.3 is 0 Å². The van der Waals surface area contributed by atoms with Crippen molar-refractivity contribution in [2.45, 2.75) is 18.9 Å². The summed E-state index contributed by atoms with van der Waals surface area (Å²) in [6.45, 7) is 2.53. The maximum absolute atomic E-state index is 8.70. The Bertz CT molecular complexity index is 387. The minimum absolute atomic E-state index is 0.110. The summed E-state index contributed by atoms with van der Waals surface area (Å²) in [6, 6.07) is 2.17. The molecule has 1 heterocycles. The maximum atomic E-state index is 8.70. The summed E-state index contributed by atoms with van der Waals surface area (Å²) in [5, 5.41) is 9.55. The van der Waals surface area contributed by atoms with Gasteiger partial charge in [0.1, 0.15) is 6.54 Å². The van der Waals surface area contributed by atoms with E-state index in [0.717, 1.165) is 11.5 Å². The lowest BCUT2D eigenvalue weighted by molar-refractivity contribution is 0.245. The number of nitrogens with zero attached hydrogens (tertiary/aromatic N) is 2. The van der Waals surface area contributed by atoms with Crippen molar-refractivity contribution < 1.29 is 0 Å². The van der Waals surface area contributed by atoms with E-state index in [1.54, 1.807) is 0 Å². The van der Waals surface area contributed by atoms with Gasteiger partial charge < -0.3 is 4.90 Å². The third kappa shape index (κ3) is 1.25. The van der Waals surface area contributed by atoms with Crippen LogP contribution >= 0.6 is 11.6 Å². The molecule has 1 unspecified atom stereocenters. The van der Waals surface area contributed by atoms with Crippen LogP contribution in [0, 0.1) is 11.3 Å². The van der Waals surface area contributed by atoms with Gasteiger partial charge in [-0.05, 0) is 24.6 Å². The minimum Gasteiger partial charge on any atom is -0.355 e. The molecular formula is C11H11ClN2. The smallest absolute Gasteiger partial charge is 0.106 e. The zero-order valence-electron chi connectivity index (χ0n) is 8.00. The summed E-state index contributed by atoms with van der Waals surface area (Å²) in [4.78, 5) is 2.04. The van der Waals surface area contributed by atoms with Crippen molar-refractivity contribution in [1.82, 2.24) is 4.90 Å². The Balaban J connectivity index is 2.33. The standard InChI is InChI=1S/C11H11ClN2/c1-11-8-10(12)3-2-9(11)4-6-14(11)7-5-13/h2-4,6H,7-8H2,1H3. The molecule has 0 N–H and O–H groups in total. The van der Waals surface area contributed by atoms with Gasteiger partial charge in [-0.1, -0.05) is 17.7 Å². The summed E-state index contributed by atoms with van der Waals surface area (Å²) in [5.41, 5.74) is 1.12. The fourth-order valence-electron chi connectivity index (χ4n) is 1.99. The first-order chi connectivity index (χ1) is 6.66. The highest BCUT2D eigenvalue weighted by atomic mass is 35.5. The van der Waals surface area contributed by atoms with Crippen LogP contribution in [0.4, 0.5) is 0 Å². The summed E-state index contributed by atoms with van der Waals surface area (Å²) < 4.78 is 0. The Morgan fingerprint density at radius 1 is 1.64 bits per heavy atom. The molecule has 0 aromatic rings. The van der Waals surface area contributed by atoms with Gasteiger partial charge in [0.25, 0.3) is 0 Å². The fourth-order valence-corrected chi connectivity index (χ4v) is 2.31. The van der Waals surface area contributed by atoms with Gasteiger partial charge in [0, 0.05) is 17.7 Å². The summed E-state index contributed by atoms with van der Waals surface area (Å²) in [6.07, 6.45) is 8.77. The zero-order valence-corrected chi connectivity index (χ0v) is 8.75. The van der Waals surface area contributed by atoms with Crippen LogP contribution in [0.5, 0.6) is 0 Å². The second-order valence-electron chi connectivity index (χ2n) is 3.79. The maximum Gasteiger partial charge on any atom is 0.106 e. The van der Waals surface area contributed by atoms with Crippen LogP contribution in [-0.2, 0) is 0 Å². The Morgan fingerprint density at radius 3 is 3.14 bits per heavy atom. The van der Waals surface area contributed by atoms with Crippen molar-refractivity contribution in [1.29, 1.82) is 5.26 Å². The predicted octanol–water partition coefficient (Wildman–Crippen LogP) is 2.55. The highest BCUT2D eigenvalue weighted by molar-refractivity contribution is 6.29. The van der Waals surface area contributed by atoms with Crippen LogP contribution in [-0.4, -0.2) is 17.0 Å². The van der Waals surface area contributed by atoms with Crippen LogP contribution in [0.25, 0.3) is 0 Å². The second-order valence-corrected chi connectivity index (χ2v) is 4.27. The highest BCUT2D eigenvalue weighted by Gasteiger charge is 2.38. The number of hydrogen-bond acceptors (Lipinski definition) is 2. The molecule has 0 amide bonds. The van der Waals surface area contributed by atoms with E-state index in [1.165, 1.54) is 5.57 Å². The molecule has 0 saturated carbocycles. The van der Waals surface area contributed by atoms with Gasteiger partial charge in [-0.25, -0.2) is 0 Å². The molecule has 72 valence electrons. The monoisotopic (exact) mass is 206 g/mol. The Morgan fingerprint density at radius 2 is 2.43 bits per heavy atom. The van der Waals surface area contributed by atoms with Crippen molar-refractivity contribution in [3.8, 4) is 6.07 Å². The van der Waals surface area contributed by atoms with Crippen molar-refractivity contribution >= 4 is 11.6 Å². The van der Waals surface area contributed by atoms with E-state index in [4.69, 9.17) is 16.9 Å². The van der Waals surface area contributed by atoms with Gasteiger partial charge in [-0.15, -0.1) is 0 Å². The van der Waals surface area contributed by atoms with E-state index in [9.17, 15) is 0 Å². The highest BCUT2D eigenvalue weighted by Crippen LogP contribution is 2.40. The average Bonchev–Trinajstić information content (AvgIpc) is 2.43. The van der Waals surface area contributed by atoms with Gasteiger partial charge in [0.15, 0.2) is 0 Å². The third-order valence-electron chi connectivity index (χ3n) is 2.89. The van der Waals surface area contributed by atoms with E-state index < -0.39 is 0 Å². The molecule has 0 spiro atoms. The van der Waals surface area contributed by atoms with E-state index in [-0.39, 0.29) is 5.54 Å². The number of allylic oxidation sites excluding steroid dienone is 2. The first-order valence-corrected chi connectivity index (χ1v) is 4.93. The average molecular weight is 207 g/mol. The van der Waals surface area contributed by atoms with E-state index in [1.807, 2.05) is 23.3 Å². The van der Waals surface area contributed by atoms with Crippen molar-refractivity contribution in [3.05, 3.63) is 35.0 Å². The number of fused-ring (bicyclic) bond motifs is 1. The van der Waals surface area contributed by atoms with E-state index >= 15 is 0 Å². The molecule has 1 aliphatic carbocycles. The van der Waals surface area contributed by atoms with Gasteiger partial charge in [0.05, 0.1) is 11.6 Å². The second kappa shape index (κ2) is 3.18. The quantitative estimate of drug-likeness (QED) is 0.617. The lowest BCUT2D eigenvalue weighted by Crippen LogP contribution is -2.42. The lowest BCUT2D eigenvalue weighted by Gasteiger charge is -2.37. The van der Waals surface area contributed by atoms with Crippen LogP contribution < -0.4 is 0 Å². The molecule has 1 aliphatic heterocycles. The van der Waals surface area contributed by atoms with Gasteiger partial charge in [-0.3, -0.25) is 0 Å². The van der Waals surface area contributed by atoms with Gasteiger partial charge in [0.2, 0.25) is 0 Å². The summed E-state index contributed by atoms with van der Waals surface area (Å²) >= 11 is 6.02. The predicted molar refractivity (Wildman–Crippen MR) is 56.5 cm³/mol. The number of nitriles is 1. The molecule has 0 aromatic carbocycles. The molecule has 14 heavy (non-hydrogen) atoms. The summed E-state index contributed by atoms with van der Waals surface area (Å²) in [5.74, 6) is 0. The van der Waals surface area contributed by atoms with Crippen LogP contribution in [0.3, 0.4) is 0 Å². The normalized spacial score (nSPS) is 29.4. The first kappa shape index (κ1) is 9.36. The van der Waals surface area contributed by atoms with Crippen molar-refractivity contribution in [2.24, 2.45) is 0 Å². The molecule has 2 rings (SSSR count). The topological polar surface area (TPSA) is 27.0 Å². The van der Waals surface area contributed by atoms with Crippen molar-refractivity contribution in [3.63, 3.8) is 0 Å². The molecule has 0 saturated heterocycles. The molecular weight excluding hydrogens is 196 g/mol. The Hall–Kier alpha value is -1.20. The lowest BCUT2D eigenvalue weighted by atomic mass is 9.85. The SMILES string of the molecule is CC12CC(Cl)=CC=C1C=CN2CC#N. The molecule has 0 fully saturated rings. The first-order valence-electron chi connectivity index (χ1n) is 4.55. The van der Waals surface area contributed by atoms with Crippen molar-refractivity contribution in [2.75, 3.05) is 6.54 Å². The fraction of sp³-hybridized carbons (Fsp3) is 0.364. The van der Waals surface area contributed by atoms with E-state index in [2.05, 4.69) is 19.1 Å². The van der Waals surface area contributed by atoms with Crippen LogP contribution in [0.15, 0.2) is 35.0 Å². The number of halogens is 1. The summed E-state index contributed by atoms with van der Waals surface area (Å²) in [7, 11) is 0. The number of hydrogen-bond donors (Lipinski definition) is 0. The van der Waals surface area contributed by atoms with Crippen LogP contribution in [0.1, 0.15) is 13.3 Å².